The third-order valence-corrected chi connectivity index (χ3v) is 2.63. The van der Waals surface area contributed by atoms with E-state index in [0.29, 0.717) is 12.1 Å². The largest absolute Gasteiger partial charge is 0.300 e. The maximum Gasteiger partial charge on any atom is 0.248 e. The first-order chi connectivity index (χ1) is 9.52. The number of non-ortho nitro benzene ring substituents is 1. The summed E-state index contributed by atoms with van der Waals surface area (Å²) < 4.78 is 1.42. The third-order valence-electron chi connectivity index (χ3n) is 2.63. The van der Waals surface area contributed by atoms with Crippen molar-refractivity contribution in [2.24, 2.45) is 0 Å². The smallest absolute Gasteiger partial charge is 0.248 e. The van der Waals surface area contributed by atoms with E-state index in [4.69, 9.17) is 0 Å². The van der Waals surface area contributed by atoms with E-state index in [1.54, 1.807) is 6.92 Å². The van der Waals surface area contributed by atoms with Gasteiger partial charge in [0.1, 0.15) is 0 Å². The van der Waals surface area contributed by atoms with Crippen molar-refractivity contribution in [3.63, 3.8) is 0 Å². The van der Waals surface area contributed by atoms with Crippen LogP contribution in [0.25, 0.3) is 0 Å². The number of nitrogens with one attached hydrogen (secondary N) is 1. The first-order valence-corrected chi connectivity index (χ1v) is 5.77. The predicted octanol–water partition coefficient (Wildman–Crippen LogP) is 0.960. The average molecular weight is 364 g/mol. The van der Waals surface area contributed by atoms with Gasteiger partial charge in [0.25, 0.3) is 0 Å². The molecule has 2 rings (SSSR count). The summed E-state index contributed by atoms with van der Waals surface area (Å²) >= 11 is 0. The van der Waals surface area contributed by atoms with E-state index >= 15 is 0 Å². The van der Waals surface area contributed by atoms with Gasteiger partial charge in [-0.2, -0.15) is 6.07 Å². The topological polar surface area (TPSA) is 116 Å². The van der Waals surface area contributed by atoms with Gasteiger partial charge in [0.15, 0.2) is 5.69 Å². The number of anilines is 1. The van der Waals surface area contributed by atoms with Crippen LogP contribution in [-0.2, 0) is 39.3 Å². The fourth-order valence-corrected chi connectivity index (χ4v) is 1.62. The van der Waals surface area contributed by atoms with Crippen molar-refractivity contribution in [2.45, 2.75) is 20.4 Å². The van der Waals surface area contributed by atoms with Gasteiger partial charge < -0.3 is 0 Å². The van der Waals surface area contributed by atoms with E-state index in [9.17, 15) is 14.9 Å². The van der Waals surface area contributed by atoms with Crippen molar-refractivity contribution in [3.05, 3.63) is 39.4 Å². The molecule has 0 aliphatic rings. The van der Waals surface area contributed by atoms with Crippen molar-refractivity contribution in [1.82, 2.24) is 20.2 Å². The molecule has 0 bridgehead atoms. The van der Waals surface area contributed by atoms with E-state index in [1.165, 1.54) is 16.8 Å². The summed E-state index contributed by atoms with van der Waals surface area (Å²) in [5, 5.41) is 24.0. The molecule has 10 heteroatoms. The summed E-state index contributed by atoms with van der Waals surface area (Å²) in [5.41, 5.74) is 0.478. The molecule has 0 spiro atoms. The van der Waals surface area contributed by atoms with Crippen LogP contribution < -0.4 is 5.32 Å². The Morgan fingerprint density at radius 3 is 2.81 bits per heavy atom. The molecule has 1 heterocycles. The van der Waals surface area contributed by atoms with E-state index in [0.717, 1.165) is 0 Å². The summed E-state index contributed by atoms with van der Waals surface area (Å²) in [5.74, 6) is -0.228. The molecule has 21 heavy (non-hydrogen) atoms. The van der Waals surface area contributed by atoms with Crippen molar-refractivity contribution >= 4 is 17.5 Å². The number of amides is 1. The van der Waals surface area contributed by atoms with Gasteiger partial charge in [-0.25, -0.2) is 4.68 Å². The van der Waals surface area contributed by atoms with Crippen LogP contribution >= 0.6 is 0 Å². The zero-order valence-corrected chi connectivity index (χ0v) is 14.2. The molecular formula is C11H11N6O3Y-. The van der Waals surface area contributed by atoms with Crippen molar-refractivity contribution in [2.75, 3.05) is 5.32 Å². The molecule has 0 saturated heterocycles. The first-order valence-electron chi connectivity index (χ1n) is 5.77. The molecule has 2 aromatic rings. The number of aromatic nitrogens is 4. The number of carbonyl (C=O) groups is 1. The van der Waals surface area contributed by atoms with Crippen LogP contribution in [0.2, 0.25) is 0 Å². The molecule has 0 saturated carbocycles. The van der Waals surface area contributed by atoms with Gasteiger partial charge in [0.05, 0.1) is 0 Å². The zero-order valence-electron chi connectivity index (χ0n) is 11.4. The van der Waals surface area contributed by atoms with E-state index < -0.39 is 10.8 Å². The number of nitrogens with zero attached hydrogens (tertiary/aromatic N) is 5. The van der Waals surface area contributed by atoms with Crippen LogP contribution in [0.5, 0.6) is 0 Å². The maximum atomic E-state index is 12.1. The molecule has 1 aromatic carbocycles. The molecule has 0 atom stereocenters. The quantitative estimate of drug-likeness (QED) is 0.491. The number of rotatable bonds is 4. The number of hydrogen-bond donors (Lipinski definition) is 1. The minimum atomic E-state index is -0.563. The number of nitro groups is 1. The summed E-state index contributed by atoms with van der Waals surface area (Å²) in [4.78, 5) is 22.1. The van der Waals surface area contributed by atoms with Gasteiger partial charge in [0, 0.05) is 44.2 Å². The minimum Gasteiger partial charge on any atom is -0.300 e. The second-order valence-corrected chi connectivity index (χ2v) is 3.91. The molecule has 9 nitrogen and oxygen atoms in total. The van der Waals surface area contributed by atoms with E-state index in [1.807, 2.05) is 6.92 Å². The van der Waals surface area contributed by atoms with Gasteiger partial charge >= 0.3 is 0 Å². The molecule has 0 fully saturated rings. The second-order valence-electron chi connectivity index (χ2n) is 3.91. The Kier molecular flexibility index (Phi) is 6.04. The number of carbonyl (C=O) groups excluding carboxylic acids is 1. The average Bonchev–Trinajstić information content (AvgIpc) is 2.85. The van der Waals surface area contributed by atoms with Gasteiger partial charge in [-0.15, -0.1) is 5.56 Å². The van der Waals surface area contributed by atoms with Crippen molar-refractivity contribution in [1.29, 1.82) is 0 Å². The maximum absolute atomic E-state index is 12.1. The van der Waals surface area contributed by atoms with E-state index in [-0.39, 0.29) is 49.9 Å². The third kappa shape index (κ3) is 3.88. The molecule has 0 aliphatic heterocycles. The van der Waals surface area contributed by atoms with Crippen molar-refractivity contribution in [3.8, 4) is 0 Å². The SMILES string of the molecule is CCn1nnnc1NC(=O)c1ccc([N+](=O)[O-])[c-]c1C.[Y]. The summed E-state index contributed by atoms with van der Waals surface area (Å²) in [6, 6.07) is 5.15. The number of benzene rings is 1. The fourth-order valence-electron chi connectivity index (χ4n) is 1.62. The van der Waals surface area contributed by atoms with Gasteiger partial charge in [-0.3, -0.25) is 20.2 Å². The van der Waals surface area contributed by atoms with Crippen molar-refractivity contribution < 1.29 is 42.4 Å². The molecule has 0 unspecified atom stereocenters. The van der Waals surface area contributed by atoms with Crippen LogP contribution in [0, 0.1) is 23.1 Å². The summed E-state index contributed by atoms with van der Waals surface area (Å²) in [7, 11) is 0. The zero-order chi connectivity index (χ0) is 14.7. The predicted molar refractivity (Wildman–Crippen MR) is 68.1 cm³/mol. The molecule has 1 radical (unpaired) electrons. The van der Waals surface area contributed by atoms with Crippen LogP contribution in [0.15, 0.2) is 12.1 Å². The Bertz CT molecular complexity index is 672. The monoisotopic (exact) mass is 364 g/mol. The summed E-state index contributed by atoms with van der Waals surface area (Å²) in [6.45, 7) is 3.91. The molecule has 1 aromatic heterocycles. The molecule has 0 aliphatic carbocycles. The molecular weight excluding hydrogens is 353 g/mol. The fraction of sp³-hybridized carbons (Fsp3) is 0.273. The minimum absolute atomic E-state index is 0. The Morgan fingerprint density at radius 2 is 2.24 bits per heavy atom. The van der Waals surface area contributed by atoms with Crippen LogP contribution in [-0.4, -0.2) is 31.0 Å². The molecule has 1 N–H and O–H groups in total. The van der Waals surface area contributed by atoms with Gasteiger partial charge in [-0.1, -0.05) is 29.7 Å². The van der Waals surface area contributed by atoms with Crippen LogP contribution in [0.4, 0.5) is 11.6 Å². The Hall–Kier alpha value is -1.74. The van der Waals surface area contributed by atoms with Gasteiger partial charge in [-0.05, 0) is 17.4 Å². The number of nitro benzene ring substituents is 1. The van der Waals surface area contributed by atoms with E-state index in [2.05, 4.69) is 26.9 Å². The Balaban J connectivity index is 0.00000220. The normalized spacial score (nSPS) is 9.81. The number of tetrazole rings is 1. The summed E-state index contributed by atoms with van der Waals surface area (Å²) in [6.07, 6.45) is 0. The number of hydrogen-bond acceptors (Lipinski definition) is 6. The molecule has 107 valence electrons. The Morgan fingerprint density at radius 1 is 1.52 bits per heavy atom. The van der Waals surface area contributed by atoms with Gasteiger partial charge in [0.2, 0.25) is 11.9 Å². The molecule has 1 amide bonds. The number of aryl methyl sites for hydroxylation is 2. The Labute approximate surface area is 145 Å². The standard InChI is InChI=1S/C11H11N6O3.Y/c1-3-16-11(13-14-15-16)12-10(18)9-5-4-8(17(19)20)6-7(9)2;/h4-5H,3H2,1-2H3,(H,12,13,15,18);/q-1;. The van der Waals surface area contributed by atoms with Crippen LogP contribution in [0.3, 0.4) is 0 Å². The van der Waals surface area contributed by atoms with Crippen LogP contribution in [0.1, 0.15) is 22.8 Å². The first kappa shape index (κ1) is 17.3. The second kappa shape index (κ2) is 7.32.